The molecule has 2 heterocycles. The van der Waals surface area contributed by atoms with E-state index in [0.717, 1.165) is 11.1 Å². The number of H-pyrrole nitrogens is 1. The molecule has 3 N–H and O–H groups in total. The Morgan fingerprint density at radius 3 is 2.65 bits per heavy atom. The van der Waals surface area contributed by atoms with Gasteiger partial charge in [0.15, 0.2) is 0 Å². The van der Waals surface area contributed by atoms with Crippen LogP contribution in [0.5, 0.6) is 0 Å². The lowest BCUT2D eigenvalue weighted by Gasteiger charge is -2.09. The van der Waals surface area contributed by atoms with Crippen molar-refractivity contribution in [2.24, 2.45) is 0 Å². The van der Waals surface area contributed by atoms with E-state index < -0.39 is 10.8 Å². The molecule has 31 heavy (non-hydrogen) atoms. The van der Waals surface area contributed by atoms with Crippen LogP contribution in [-0.2, 0) is 23.1 Å². The van der Waals surface area contributed by atoms with Crippen LogP contribution in [0.15, 0.2) is 83.0 Å². The van der Waals surface area contributed by atoms with Crippen LogP contribution >= 0.6 is 0 Å². The Morgan fingerprint density at radius 1 is 1.03 bits per heavy atom. The molecule has 0 spiro atoms. The summed E-state index contributed by atoms with van der Waals surface area (Å²) in [5.74, 6) is 0.265. The van der Waals surface area contributed by atoms with Gasteiger partial charge in [-0.3, -0.25) is 14.0 Å². The summed E-state index contributed by atoms with van der Waals surface area (Å²) in [6.45, 7) is 0.374. The lowest BCUT2D eigenvalue weighted by atomic mass is 10.2. The van der Waals surface area contributed by atoms with Gasteiger partial charge in [-0.1, -0.05) is 24.3 Å². The average molecular weight is 433 g/mol. The largest absolute Gasteiger partial charge is 0.334 e. The lowest BCUT2D eigenvalue weighted by molar-refractivity contribution is 0.251. The van der Waals surface area contributed by atoms with E-state index in [2.05, 4.69) is 25.6 Å². The zero-order chi connectivity index (χ0) is 21.6. The molecule has 1 atom stereocenters. The van der Waals surface area contributed by atoms with Gasteiger partial charge in [-0.25, -0.2) is 9.78 Å². The summed E-state index contributed by atoms with van der Waals surface area (Å²) in [7, 11) is -1.38. The van der Waals surface area contributed by atoms with Crippen molar-refractivity contribution < 1.29 is 9.00 Å². The van der Waals surface area contributed by atoms with Crippen molar-refractivity contribution >= 4 is 33.4 Å². The van der Waals surface area contributed by atoms with Crippen molar-refractivity contribution in [3.63, 3.8) is 0 Å². The first-order valence-electron chi connectivity index (χ1n) is 9.47. The van der Waals surface area contributed by atoms with Gasteiger partial charge in [-0.15, -0.1) is 0 Å². The molecule has 0 aliphatic carbocycles. The Morgan fingerprint density at radius 2 is 1.87 bits per heavy atom. The van der Waals surface area contributed by atoms with Gasteiger partial charge in [0.05, 0.1) is 38.7 Å². The molecule has 156 valence electrons. The number of rotatable bonds is 6. The third-order valence-corrected chi connectivity index (χ3v) is 5.98. The number of benzene rings is 2. The standard InChI is InChI=1S/C22H19N5O3S/c28-21-18-4-1-5-19(20(18)25-14-26-21)31(30)13-15-6-8-17(9-7-15)27-22(29)24-12-16-3-2-10-23-11-16/h1-11,14H,12-13H2,(H2,24,27,29)(H,25,26,28). The highest BCUT2D eigenvalue weighted by molar-refractivity contribution is 7.84. The van der Waals surface area contributed by atoms with Crippen LogP contribution in [0.25, 0.3) is 10.9 Å². The Balaban J connectivity index is 1.38. The van der Waals surface area contributed by atoms with E-state index in [-0.39, 0.29) is 17.3 Å². The number of pyridine rings is 1. The summed E-state index contributed by atoms with van der Waals surface area (Å²) in [6, 6.07) is 15.5. The van der Waals surface area contributed by atoms with Crippen LogP contribution in [0.4, 0.5) is 10.5 Å². The molecule has 0 aliphatic rings. The summed E-state index contributed by atoms with van der Waals surface area (Å²) in [5.41, 5.74) is 2.53. The molecule has 2 aromatic carbocycles. The molecule has 0 saturated heterocycles. The highest BCUT2D eigenvalue weighted by Gasteiger charge is 2.12. The predicted molar refractivity (Wildman–Crippen MR) is 119 cm³/mol. The monoisotopic (exact) mass is 433 g/mol. The van der Waals surface area contributed by atoms with Gasteiger partial charge in [0.25, 0.3) is 5.56 Å². The van der Waals surface area contributed by atoms with E-state index in [4.69, 9.17) is 0 Å². The summed E-state index contributed by atoms with van der Waals surface area (Å²) < 4.78 is 12.9. The quantitative estimate of drug-likeness (QED) is 0.432. The van der Waals surface area contributed by atoms with Crippen molar-refractivity contribution in [3.8, 4) is 0 Å². The third-order valence-electron chi connectivity index (χ3n) is 4.56. The van der Waals surface area contributed by atoms with Crippen molar-refractivity contribution in [3.05, 3.63) is 94.8 Å². The number of fused-ring (bicyclic) bond motifs is 1. The number of carbonyl (C=O) groups excluding carboxylic acids is 1. The number of anilines is 1. The Bertz CT molecular complexity index is 1290. The molecule has 1 unspecified atom stereocenters. The minimum absolute atomic E-state index is 0.263. The first-order chi connectivity index (χ1) is 15.1. The number of carbonyl (C=O) groups is 1. The molecule has 8 nitrogen and oxygen atoms in total. The second kappa shape index (κ2) is 9.31. The predicted octanol–water partition coefficient (Wildman–Crippen LogP) is 2.95. The molecule has 2 aromatic heterocycles. The zero-order valence-corrected chi connectivity index (χ0v) is 17.2. The number of hydrogen-bond acceptors (Lipinski definition) is 5. The number of para-hydroxylation sites is 1. The summed E-state index contributed by atoms with van der Waals surface area (Å²) in [6.07, 6.45) is 4.68. The molecule has 4 rings (SSSR count). The van der Waals surface area contributed by atoms with Gasteiger partial charge in [0, 0.05) is 24.6 Å². The second-order valence-corrected chi connectivity index (χ2v) is 8.16. The fourth-order valence-corrected chi connectivity index (χ4v) is 4.29. The van der Waals surface area contributed by atoms with E-state index in [1.807, 2.05) is 12.1 Å². The Labute approximate surface area is 180 Å². The minimum Gasteiger partial charge on any atom is -0.334 e. The molecule has 4 aromatic rings. The van der Waals surface area contributed by atoms with Gasteiger partial charge in [0.1, 0.15) is 0 Å². The normalized spacial score (nSPS) is 11.7. The van der Waals surface area contributed by atoms with Crippen LogP contribution in [-0.4, -0.2) is 25.2 Å². The van der Waals surface area contributed by atoms with Gasteiger partial charge in [0.2, 0.25) is 0 Å². The number of nitrogens with zero attached hydrogens (tertiary/aromatic N) is 2. The van der Waals surface area contributed by atoms with E-state index >= 15 is 0 Å². The lowest BCUT2D eigenvalue weighted by Crippen LogP contribution is -2.28. The smallest absolute Gasteiger partial charge is 0.319 e. The number of aromatic nitrogens is 3. The maximum Gasteiger partial charge on any atom is 0.319 e. The summed E-state index contributed by atoms with van der Waals surface area (Å²) >= 11 is 0. The molecular formula is C22H19N5O3S. The highest BCUT2D eigenvalue weighted by atomic mass is 32.2. The van der Waals surface area contributed by atoms with E-state index in [9.17, 15) is 13.8 Å². The van der Waals surface area contributed by atoms with E-state index in [1.54, 1.807) is 54.9 Å². The number of aromatic amines is 1. The van der Waals surface area contributed by atoms with Gasteiger partial charge in [-0.05, 0) is 41.5 Å². The molecule has 0 bridgehead atoms. The number of amides is 2. The fourth-order valence-electron chi connectivity index (χ4n) is 3.03. The molecule has 2 amide bonds. The van der Waals surface area contributed by atoms with Crippen LogP contribution < -0.4 is 16.2 Å². The van der Waals surface area contributed by atoms with Crippen LogP contribution in [0.3, 0.4) is 0 Å². The zero-order valence-electron chi connectivity index (χ0n) is 16.4. The molecule has 0 fully saturated rings. The minimum atomic E-state index is -1.38. The SMILES string of the molecule is O=C(NCc1cccnc1)Nc1ccc(CS(=O)c2cccc3c(=O)[nH]cnc23)cc1. The summed E-state index contributed by atoms with van der Waals surface area (Å²) in [4.78, 5) is 35.2. The van der Waals surface area contributed by atoms with Crippen molar-refractivity contribution in [1.82, 2.24) is 20.3 Å². The van der Waals surface area contributed by atoms with Crippen molar-refractivity contribution in [2.45, 2.75) is 17.2 Å². The van der Waals surface area contributed by atoms with Crippen LogP contribution in [0.2, 0.25) is 0 Å². The Hall–Kier alpha value is -3.85. The number of hydrogen-bond donors (Lipinski definition) is 3. The molecule has 0 aliphatic heterocycles. The first-order valence-corrected chi connectivity index (χ1v) is 10.8. The molecule has 0 radical (unpaired) electrons. The Kier molecular flexibility index (Phi) is 6.13. The molecular weight excluding hydrogens is 414 g/mol. The van der Waals surface area contributed by atoms with E-state index in [1.165, 1.54) is 6.33 Å². The van der Waals surface area contributed by atoms with Crippen LogP contribution in [0, 0.1) is 0 Å². The number of nitrogens with one attached hydrogen (secondary N) is 3. The average Bonchev–Trinajstić information content (AvgIpc) is 2.80. The molecule has 0 saturated carbocycles. The third kappa shape index (κ3) is 5.01. The maximum absolute atomic E-state index is 12.9. The topological polar surface area (TPSA) is 117 Å². The first kappa shape index (κ1) is 20.4. The maximum atomic E-state index is 12.9. The van der Waals surface area contributed by atoms with Crippen LogP contribution in [0.1, 0.15) is 11.1 Å². The van der Waals surface area contributed by atoms with E-state index in [0.29, 0.717) is 28.0 Å². The fraction of sp³-hybridized carbons (Fsp3) is 0.0909. The second-order valence-electron chi connectivity index (χ2n) is 6.74. The highest BCUT2D eigenvalue weighted by Crippen LogP contribution is 2.20. The number of urea groups is 1. The molecule has 9 heteroatoms. The summed E-state index contributed by atoms with van der Waals surface area (Å²) in [5, 5.41) is 5.93. The van der Waals surface area contributed by atoms with Crippen molar-refractivity contribution in [1.29, 1.82) is 0 Å². The van der Waals surface area contributed by atoms with Gasteiger partial charge in [-0.2, -0.15) is 0 Å². The van der Waals surface area contributed by atoms with Gasteiger partial charge < -0.3 is 15.6 Å². The van der Waals surface area contributed by atoms with Gasteiger partial charge >= 0.3 is 6.03 Å². The van der Waals surface area contributed by atoms with Crippen molar-refractivity contribution in [2.75, 3.05) is 5.32 Å².